The van der Waals surface area contributed by atoms with Gasteiger partial charge in [0.2, 0.25) is 0 Å². The molecule has 0 saturated carbocycles. The van der Waals surface area contributed by atoms with E-state index in [1.165, 1.54) is 30.3 Å². The van der Waals surface area contributed by atoms with Crippen molar-refractivity contribution >= 4 is 44.8 Å². The van der Waals surface area contributed by atoms with Crippen molar-refractivity contribution in [2.45, 2.75) is 0 Å². The number of halogens is 3. The maximum absolute atomic E-state index is 13.1. The lowest BCUT2D eigenvalue weighted by atomic mass is 10.2. The van der Waals surface area contributed by atoms with E-state index in [2.05, 4.69) is 21.2 Å². The molecule has 108 valence electrons. The number of carbonyl (C=O) groups is 1. The molecule has 5 nitrogen and oxygen atoms in total. The van der Waals surface area contributed by atoms with Crippen LogP contribution in [0.15, 0.2) is 40.9 Å². The van der Waals surface area contributed by atoms with E-state index < -0.39 is 16.6 Å². The summed E-state index contributed by atoms with van der Waals surface area (Å²) in [5.74, 6) is -0.967. The van der Waals surface area contributed by atoms with Gasteiger partial charge in [0, 0.05) is 17.3 Å². The van der Waals surface area contributed by atoms with Crippen LogP contribution in [0.3, 0.4) is 0 Å². The Bertz CT molecular complexity index is 739. The maximum Gasteiger partial charge on any atom is 0.288 e. The lowest BCUT2D eigenvalue weighted by molar-refractivity contribution is -0.384. The second-order valence-corrected chi connectivity index (χ2v) is 5.27. The number of nitrogens with one attached hydrogen (secondary N) is 1. The third-order valence-corrected chi connectivity index (χ3v) is 3.49. The van der Waals surface area contributed by atoms with Crippen molar-refractivity contribution in [2.75, 3.05) is 5.32 Å². The highest BCUT2D eigenvalue weighted by Crippen LogP contribution is 2.27. The highest BCUT2D eigenvalue weighted by molar-refractivity contribution is 9.10. The molecule has 2 rings (SSSR count). The molecule has 0 aliphatic rings. The molecule has 0 atom stereocenters. The van der Waals surface area contributed by atoms with Gasteiger partial charge in [-0.1, -0.05) is 11.6 Å². The molecule has 2 aromatic carbocycles. The molecule has 0 aliphatic heterocycles. The van der Waals surface area contributed by atoms with Crippen LogP contribution in [0.2, 0.25) is 5.02 Å². The molecule has 0 fully saturated rings. The zero-order valence-corrected chi connectivity index (χ0v) is 12.6. The summed E-state index contributed by atoms with van der Waals surface area (Å²) in [6, 6.07) is 7.64. The van der Waals surface area contributed by atoms with Gasteiger partial charge < -0.3 is 5.32 Å². The van der Waals surface area contributed by atoms with E-state index in [1.54, 1.807) is 0 Å². The SMILES string of the molecule is O=C(Nc1ccc([N+](=O)[O-])c(Cl)c1)c1ccc(F)c(Br)c1. The predicted octanol–water partition coefficient (Wildman–Crippen LogP) is 4.40. The van der Waals surface area contributed by atoms with Gasteiger partial charge in [0.25, 0.3) is 11.6 Å². The molecular weight excluding hydrogens is 367 g/mol. The van der Waals surface area contributed by atoms with Gasteiger partial charge in [-0.3, -0.25) is 14.9 Å². The standard InChI is InChI=1S/C13H7BrClFN2O3/c14-9-5-7(1-3-11(9)16)13(19)17-8-2-4-12(18(20)21)10(15)6-8/h1-6H,(H,17,19). The minimum Gasteiger partial charge on any atom is -0.322 e. The van der Waals surface area contributed by atoms with Crippen LogP contribution in [-0.2, 0) is 0 Å². The average Bonchev–Trinajstić information content (AvgIpc) is 2.41. The van der Waals surface area contributed by atoms with Gasteiger partial charge in [-0.05, 0) is 46.3 Å². The van der Waals surface area contributed by atoms with Gasteiger partial charge in [0.05, 0.1) is 9.40 Å². The first-order valence-electron chi connectivity index (χ1n) is 5.59. The number of nitro groups is 1. The summed E-state index contributed by atoms with van der Waals surface area (Å²) >= 11 is 8.74. The number of anilines is 1. The van der Waals surface area contributed by atoms with Gasteiger partial charge in [0.15, 0.2) is 0 Å². The topological polar surface area (TPSA) is 72.2 Å². The summed E-state index contributed by atoms with van der Waals surface area (Å²) in [6.45, 7) is 0. The summed E-state index contributed by atoms with van der Waals surface area (Å²) in [5.41, 5.74) is 0.285. The fourth-order valence-corrected chi connectivity index (χ4v) is 2.20. The fourth-order valence-electron chi connectivity index (χ4n) is 1.57. The lowest BCUT2D eigenvalue weighted by Gasteiger charge is -2.06. The normalized spacial score (nSPS) is 10.2. The van der Waals surface area contributed by atoms with Gasteiger partial charge >= 0.3 is 0 Å². The third-order valence-electron chi connectivity index (χ3n) is 2.58. The molecule has 0 aliphatic carbocycles. The van der Waals surface area contributed by atoms with E-state index in [0.717, 1.165) is 6.07 Å². The van der Waals surface area contributed by atoms with E-state index in [4.69, 9.17) is 11.6 Å². The monoisotopic (exact) mass is 372 g/mol. The van der Waals surface area contributed by atoms with Crippen LogP contribution in [0.1, 0.15) is 10.4 Å². The van der Waals surface area contributed by atoms with E-state index in [1.807, 2.05) is 0 Å². The number of rotatable bonds is 3. The Morgan fingerprint density at radius 3 is 2.57 bits per heavy atom. The molecular formula is C13H7BrClFN2O3. The summed E-state index contributed by atoms with van der Waals surface area (Å²) in [6.07, 6.45) is 0. The van der Waals surface area contributed by atoms with Crippen molar-refractivity contribution < 1.29 is 14.1 Å². The Kier molecular flexibility index (Phi) is 4.54. The first-order valence-corrected chi connectivity index (χ1v) is 6.76. The van der Waals surface area contributed by atoms with E-state index in [9.17, 15) is 19.3 Å². The van der Waals surface area contributed by atoms with Crippen molar-refractivity contribution in [2.24, 2.45) is 0 Å². The second kappa shape index (κ2) is 6.19. The third kappa shape index (κ3) is 3.56. The molecule has 1 N–H and O–H groups in total. The van der Waals surface area contributed by atoms with Crippen LogP contribution >= 0.6 is 27.5 Å². The van der Waals surface area contributed by atoms with Crippen LogP contribution in [0.25, 0.3) is 0 Å². The Balaban J connectivity index is 2.21. The van der Waals surface area contributed by atoms with Crippen LogP contribution in [0.5, 0.6) is 0 Å². The molecule has 0 heterocycles. The highest BCUT2D eigenvalue weighted by atomic mass is 79.9. The van der Waals surface area contributed by atoms with E-state index in [0.29, 0.717) is 5.69 Å². The summed E-state index contributed by atoms with van der Waals surface area (Å²) in [5, 5.41) is 13.1. The van der Waals surface area contributed by atoms with Gasteiger partial charge in [0.1, 0.15) is 10.8 Å². The lowest BCUT2D eigenvalue weighted by Crippen LogP contribution is -2.12. The smallest absolute Gasteiger partial charge is 0.288 e. The molecule has 0 aromatic heterocycles. The second-order valence-electron chi connectivity index (χ2n) is 4.01. The predicted molar refractivity (Wildman–Crippen MR) is 80.2 cm³/mol. The molecule has 0 unspecified atom stereocenters. The number of benzene rings is 2. The molecule has 0 saturated heterocycles. The average molecular weight is 374 g/mol. The number of hydrogen-bond donors (Lipinski definition) is 1. The van der Waals surface area contributed by atoms with Crippen molar-refractivity contribution in [1.82, 2.24) is 0 Å². The van der Waals surface area contributed by atoms with Gasteiger partial charge in [-0.15, -0.1) is 0 Å². The van der Waals surface area contributed by atoms with Crippen LogP contribution < -0.4 is 5.32 Å². The number of hydrogen-bond acceptors (Lipinski definition) is 3. The quantitative estimate of drug-likeness (QED) is 0.640. The highest BCUT2D eigenvalue weighted by Gasteiger charge is 2.14. The Morgan fingerprint density at radius 2 is 2.00 bits per heavy atom. The molecule has 0 spiro atoms. The summed E-state index contributed by atoms with van der Waals surface area (Å²) in [4.78, 5) is 22.0. The van der Waals surface area contributed by atoms with Crippen LogP contribution in [-0.4, -0.2) is 10.8 Å². The minimum atomic E-state index is -0.620. The number of nitrogens with zero attached hydrogens (tertiary/aromatic N) is 1. The Morgan fingerprint density at radius 1 is 1.29 bits per heavy atom. The summed E-state index contributed by atoms with van der Waals surface area (Å²) in [7, 11) is 0. The van der Waals surface area contributed by atoms with Gasteiger partial charge in [-0.2, -0.15) is 0 Å². The molecule has 2 aromatic rings. The van der Waals surface area contributed by atoms with Crippen LogP contribution in [0.4, 0.5) is 15.8 Å². The summed E-state index contributed by atoms with van der Waals surface area (Å²) < 4.78 is 13.3. The largest absolute Gasteiger partial charge is 0.322 e. The first-order chi connectivity index (χ1) is 9.88. The number of amides is 1. The van der Waals surface area contributed by atoms with Crippen LogP contribution in [0, 0.1) is 15.9 Å². The van der Waals surface area contributed by atoms with Crippen molar-refractivity contribution in [3.05, 3.63) is 67.4 Å². The van der Waals surface area contributed by atoms with E-state index >= 15 is 0 Å². The minimum absolute atomic E-state index is 0.0851. The molecule has 0 radical (unpaired) electrons. The molecule has 0 bridgehead atoms. The Labute approximate surface area is 132 Å². The maximum atomic E-state index is 13.1. The van der Waals surface area contributed by atoms with Crippen molar-refractivity contribution in [1.29, 1.82) is 0 Å². The Hall–Kier alpha value is -1.99. The van der Waals surface area contributed by atoms with Gasteiger partial charge in [-0.25, -0.2) is 4.39 Å². The first kappa shape index (κ1) is 15.4. The zero-order chi connectivity index (χ0) is 15.6. The molecule has 21 heavy (non-hydrogen) atoms. The van der Waals surface area contributed by atoms with Crippen molar-refractivity contribution in [3.8, 4) is 0 Å². The number of nitro benzene ring substituents is 1. The number of carbonyl (C=O) groups excluding carboxylic acids is 1. The molecule has 1 amide bonds. The van der Waals surface area contributed by atoms with Crippen molar-refractivity contribution in [3.63, 3.8) is 0 Å². The fraction of sp³-hybridized carbons (Fsp3) is 0. The zero-order valence-electron chi connectivity index (χ0n) is 10.3. The molecule has 8 heteroatoms. The van der Waals surface area contributed by atoms with E-state index in [-0.39, 0.29) is 20.7 Å².